The second kappa shape index (κ2) is 6.20. The molecule has 27 heavy (non-hydrogen) atoms. The average Bonchev–Trinajstić information content (AvgIpc) is 3.16. The van der Waals surface area contributed by atoms with Crippen LogP contribution in [-0.2, 0) is 4.79 Å². The molecule has 5 rings (SSSR count). The van der Waals surface area contributed by atoms with Gasteiger partial charge in [-0.05, 0) is 36.0 Å². The van der Waals surface area contributed by atoms with Crippen LogP contribution in [0.5, 0.6) is 0 Å². The number of hydrogen-bond acceptors (Lipinski definition) is 4. The molecule has 5 nitrogen and oxygen atoms in total. The molecule has 2 atom stereocenters. The molecule has 0 spiro atoms. The first-order valence-electron chi connectivity index (χ1n) is 9.25. The maximum absolute atomic E-state index is 13.3. The fraction of sp³-hybridized carbons (Fsp3) is 0.227. The van der Waals surface area contributed by atoms with Crippen LogP contribution in [0.2, 0.25) is 0 Å². The lowest BCUT2D eigenvalue weighted by Gasteiger charge is -2.35. The predicted molar refractivity (Wildman–Crippen MR) is 103 cm³/mol. The van der Waals surface area contributed by atoms with Crippen LogP contribution in [-0.4, -0.2) is 20.5 Å². The number of allylic oxidation sites excluding steroid dienone is 2. The molecule has 0 saturated carbocycles. The monoisotopic (exact) mass is 356 g/mol. The summed E-state index contributed by atoms with van der Waals surface area (Å²) in [7, 11) is 0. The van der Waals surface area contributed by atoms with Crippen LogP contribution >= 0.6 is 0 Å². The molecule has 1 aliphatic heterocycles. The number of carbonyl (C=O) groups is 1. The number of ketones is 1. The Morgan fingerprint density at radius 1 is 1.04 bits per heavy atom. The maximum Gasteiger partial charge on any atom is 0.226 e. The highest BCUT2D eigenvalue weighted by atomic mass is 16.1. The molecule has 2 aromatic carbocycles. The first kappa shape index (κ1) is 16.0. The minimum Gasteiger partial charge on any atom is -0.328 e. The third-order valence-corrected chi connectivity index (χ3v) is 5.62. The SMILES string of the molecule is Cc1ccccc1[C@H]1C2=C(C[C@H](c3ccccc3)CC2=O)Nc2ncnn21. The molecule has 0 amide bonds. The van der Waals surface area contributed by atoms with Gasteiger partial charge in [-0.15, -0.1) is 0 Å². The number of rotatable bonds is 2. The molecule has 0 radical (unpaired) electrons. The second-order valence-corrected chi connectivity index (χ2v) is 7.24. The highest BCUT2D eigenvalue weighted by molar-refractivity contribution is 6.00. The van der Waals surface area contributed by atoms with E-state index >= 15 is 0 Å². The van der Waals surface area contributed by atoms with Crippen LogP contribution in [0.4, 0.5) is 5.95 Å². The molecule has 1 aromatic heterocycles. The molecule has 0 unspecified atom stereocenters. The van der Waals surface area contributed by atoms with E-state index in [-0.39, 0.29) is 17.7 Å². The standard InChI is InChI=1S/C22H20N4O/c1-14-7-5-6-10-17(14)21-20-18(25-22-23-13-24-26(21)22)11-16(12-19(20)27)15-8-3-2-4-9-15/h2-10,13,16,21H,11-12H2,1H3,(H,23,24,25)/t16-,21-/m0/s1. The Hall–Kier alpha value is -3.21. The zero-order valence-electron chi connectivity index (χ0n) is 15.1. The van der Waals surface area contributed by atoms with Gasteiger partial charge in [-0.2, -0.15) is 10.1 Å². The van der Waals surface area contributed by atoms with Crippen molar-refractivity contribution in [2.24, 2.45) is 0 Å². The van der Waals surface area contributed by atoms with Crippen LogP contribution in [0.1, 0.15) is 41.5 Å². The number of fused-ring (bicyclic) bond motifs is 1. The minimum atomic E-state index is -0.218. The predicted octanol–water partition coefficient (Wildman–Crippen LogP) is 4.00. The van der Waals surface area contributed by atoms with Crippen LogP contribution in [0, 0.1) is 6.92 Å². The zero-order valence-corrected chi connectivity index (χ0v) is 15.1. The van der Waals surface area contributed by atoms with Crippen LogP contribution in [0.15, 0.2) is 72.2 Å². The Bertz CT molecular complexity index is 1050. The highest BCUT2D eigenvalue weighted by Crippen LogP contribution is 2.44. The summed E-state index contributed by atoms with van der Waals surface area (Å²) >= 11 is 0. The van der Waals surface area contributed by atoms with Crippen molar-refractivity contribution in [2.45, 2.75) is 31.7 Å². The number of anilines is 1. The van der Waals surface area contributed by atoms with Gasteiger partial charge in [-0.1, -0.05) is 54.6 Å². The van der Waals surface area contributed by atoms with Gasteiger partial charge in [0.25, 0.3) is 0 Å². The number of nitrogens with zero attached hydrogens (tertiary/aromatic N) is 3. The molecule has 0 bridgehead atoms. The van der Waals surface area contributed by atoms with Crippen LogP contribution in [0.25, 0.3) is 0 Å². The number of carbonyl (C=O) groups excluding carboxylic acids is 1. The van der Waals surface area contributed by atoms with Gasteiger partial charge in [0.2, 0.25) is 5.95 Å². The number of aromatic nitrogens is 3. The summed E-state index contributed by atoms with van der Waals surface area (Å²) < 4.78 is 1.84. The minimum absolute atomic E-state index is 0.187. The van der Waals surface area contributed by atoms with Gasteiger partial charge < -0.3 is 5.32 Å². The average molecular weight is 356 g/mol. The van der Waals surface area contributed by atoms with Crippen molar-refractivity contribution >= 4 is 11.7 Å². The molecule has 5 heteroatoms. The molecular formula is C22H20N4O. The lowest BCUT2D eigenvalue weighted by atomic mass is 9.77. The summed E-state index contributed by atoms with van der Waals surface area (Å²) in [5.41, 5.74) is 5.27. The third-order valence-electron chi connectivity index (χ3n) is 5.62. The molecule has 3 aromatic rings. The summed E-state index contributed by atoms with van der Waals surface area (Å²) in [6, 6.07) is 18.3. The van der Waals surface area contributed by atoms with E-state index in [1.54, 1.807) is 6.33 Å². The van der Waals surface area contributed by atoms with Gasteiger partial charge in [0, 0.05) is 17.7 Å². The largest absolute Gasteiger partial charge is 0.328 e. The number of benzene rings is 2. The van der Waals surface area contributed by atoms with Gasteiger partial charge in [-0.25, -0.2) is 4.68 Å². The normalized spacial score (nSPS) is 21.4. The van der Waals surface area contributed by atoms with Crippen LogP contribution in [0.3, 0.4) is 0 Å². The first-order chi connectivity index (χ1) is 13.2. The Morgan fingerprint density at radius 2 is 1.81 bits per heavy atom. The summed E-state index contributed by atoms with van der Waals surface area (Å²) in [6.07, 6.45) is 2.88. The first-order valence-corrected chi connectivity index (χ1v) is 9.25. The molecule has 0 saturated heterocycles. The van der Waals surface area contributed by atoms with Crippen molar-refractivity contribution in [3.05, 3.63) is 88.9 Å². The Morgan fingerprint density at radius 3 is 2.63 bits per heavy atom. The van der Waals surface area contributed by atoms with Crippen molar-refractivity contribution in [2.75, 3.05) is 5.32 Å². The van der Waals surface area contributed by atoms with E-state index in [0.717, 1.165) is 28.8 Å². The van der Waals surface area contributed by atoms with Crippen molar-refractivity contribution < 1.29 is 4.79 Å². The van der Waals surface area contributed by atoms with E-state index in [0.29, 0.717) is 12.4 Å². The van der Waals surface area contributed by atoms with Gasteiger partial charge in [-0.3, -0.25) is 4.79 Å². The zero-order chi connectivity index (χ0) is 18.4. The van der Waals surface area contributed by atoms with Gasteiger partial charge in [0.15, 0.2) is 5.78 Å². The Kier molecular flexibility index (Phi) is 3.67. The Labute approximate surface area is 157 Å². The topological polar surface area (TPSA) is 59.8 Å². The quantitative estimate of drug-likeness (QED) is 0.754. The fourth-order valence-electron chi connectivity index (χ4n) is 4.29. The molecule has 1 N–H and O–H groups in total. The number of aryl methyl sites for hydroxylation is 1. The third kappa shape index (κ3) is 2.58. The summed E-state index contributed by atoms with van der Waals surface area (Å²) in [5, 5.41) is 7.79. The molecule has 2 aliphatic rings. The molecule has 1 aliphatic carbocycles. The van der Waals surface area contributed by atoms with Crippen molar-refractivity contribution in [1.82, 2.24) is 14.8 Å². The molecular weight excluding hydrogens is 336 g/mol. The summed E-state index contributed by atoms with van der Waals surface area (Å²) in [4.78, 5) is 17.7. The fourth-order valence-corrected chi connectivity index (χ4v) is 4.29. The van der Waals surface area contributed by atoms with E-state index in [2.05, 4.69) is 46.6 Å². The van der Waals surface area contributed by atoms with E-state index in [4.69, 9.17) is 0 Å². The van der Waals surface area contributed by atoms with Crippen molar-refractivity contribution in [3.63, 3.8) is 0 Å². The lowest BCUT2D eigenvalue weighted by Crippen LogP contribution is -2.33. The summed E-state index contributed by atoms with van der Waals surface area (Å²) in [5.74, 6) is 1.08. The van der Waals surface area contributed by atoms with E-state index in [9.17, 15) is 4.79 Å². The van der Waals surface area contributed by atoms with Gasteiger partial charge in [0.05, 0.1) is 0 Å². The number of nitrogens with one attached hydrogen (secondary N) is 1. The molecule has 134 valence electrons. The van der Waals surface area contributed by atoms with Crippen LogP contribution < -0.4 is 5.32 Å². The van der Waals surface area contributed by atoms with Gasteiger partial charge in [0.1, 0.15) is 12.4 Å². The lowest BCUT2D eigenvalue weighted by molar-refractivity contribution is -0.116. The van der Waals surface area contributed by atoms with Crippen molar-refractivity contribution in [3.8, 4) is 0 Å². The molecule has 2 heterocycles. The summed E-state index contributed by atoms with van der Waals surface area (Å²) in [6.45, 7) is 2.08. The van der Waals surface area contributed by atoms with Gasteiger partial charge >= 0.3 is 0 Å². The maximum atomic E-state index is 13.3. The number of Topliss-reactive ketones (excluding diaryl/α,β-unsaturated/α-hetero) is 1. The smallest absolute Gasteiger partial charge is 0.226 e. The van der Waals surface area contributed by atoms with E-state index in [1.165, 1.54) is 5.56 Å². The second-order valence-electron chi connectivity index (χ2n) is 7.24. The molecule has 0 fully saturated rings. The van der Waals surface area contributed by atoms with E-state index in [1.807, 2.05) is 35.0 Å². The Balaban J connectivity index is 1.63. The highest BCUT2D eigenvalue weighted by Gasteiger charge is 2.39. The van der Waals surface area contributed by atoms with E-state index < -0.39 is 0 Å². The van der Waals surface area contributed by atoms with Crippen molar-refractivity contribution in [1.29, 1.82) is 0 Å². The number of hydrogen-bond donors (Lipinski definition) is 1.